The Balaban J connectivity index is 2.76. The van der Waals surface area contributed by atoms with Crippen molar-refractivity contribution in [3.8, 4) is 12.3 Å². The lowest BCUT2D eigenvalue weighted by Crippen LogP contribution is -2.15. The highest BCUT2D eigenvalue weighted by Gasteiger charge is 2.06. The Kier molecular flexibility index (Phi) is 4.18. The van der Waals surface area contributed by atoms with Gasteiger partial charge < -0.3 is 5.32 Å². The molecule has 0 spiro atoms. The maximum atomic E-state index is 5.65. The molecule has 0 bridgehead atoms. The summed E-state index contributed by atoms with van der Waals surface area (Å²) in [6, 6.07) is 0.155. The van der Waals surface area contributed by atoms with E-state index in [2.05, 4.69) is 37.1 Å². The first-order valence-electron chi connectivity index (χ1n) is 4.01. The van der Waals surface area contributed by atoms with Crippen molar-refractivity contribution in [2.45, 2.75) is 19.4 Å². The molecule has 5 heteroatoms. The third-order valence-corrected chi connectivity index (χ3v) is 2.28. The van der Waals surface area contributed by atoms with E-state index in [9.17, 15) is 0 Å². The highest BCUT2D eigenvalue weighted by Crippen LogP contribution is 2.21. The number of anilines is 1. The van der Waals surface area contributed by atoms with E-state index < -0.39 is 0 Å². The van der Waals surface area contributed by atoms with E-state index in [1.807, 2.05) is 6.92 Å². The molecule has 1 atom stereocenters. The molecule has 0 saturated heterocycles. The van der Waals surface area contributed by atoms with Gasteiger partial charge >= 0.3 is 0 Å². The van der Waals surface area contributed by atoms with Gasteiger partial charge in [0.2, 0.25) is 5.28 Å². The van der Waals surface area contributed by atoms with Crippen LogP contribution in [0.5, 0.6) is 0 Å². The van der Waals surface area contributed by atoms with E-state index >= 15 is 0 Å². The van der Waals surface area contributed by atoms with E-state index in [1.54, 1.807) is 6.20 Å². The van der Waals surface area contributed by atoms with Crippen LogP contribution in [0.3, 0.4) is 0 Å². The Labute approximate surface area is 96.4 Å². The van der Waals surface area contributed by atoms with E-state index in [0.29, 0.717) is 12.2 Å². The lowest BCUT2D eigenvalue weighted by molar-refractivity contribution is 0.819. The van der Waals surface area contributed by atoms with Crippen molar-refractivity contribution < 1.29 is 0 Å². The molecule has 3 nitrogen and oxygen atoms in total. The molecule has 0 fully saturated rings. The normalized spacial score (nSPS) is 11.9. The molecule has 0 radical (unpaired) electrons. The smallest absolute Gasteiger partial charge is 0.224 e. The van der Waals surface area contributed by atoms with Gasteiger partial charge in [-0.25, -0.2) is 4.98 Å². The van der Waals surface area contributed by atoms with Gasteiger partial charge in [-0.1, -0.05) is 0 Å². The minimum absolute atomic E-state index is 0.155. The summed E-state index contributed by atoms with van der Waals surface area (Å²) < 4.78 is 0.769. The number of nitrogens with zero attached hydrogens (tertiary/aromatic N) is 2. The minimum Gasteiger partial charge on any atom is -0.366 e. The zero-order valence-corrected chi connectivity index (χ0v) is 9.93. The fourth-order valence-corrected chi connectivity index (χ4v) is 1.35. The monoisotopic (exact) mass is 273 g/mol. The number of rotatable bonds is 3. The molecule has 1 N–H and O–H groups in total. The molecule has 1 rings (SSSR count). The molecule has 14 heavy (non-hydrogen) atoms. The van der Waals surface area contributed by atoms with Gasteiger partial charge in [0.1, 0.15) is 5.82 Å². The van der Waals surface area contributed by atoms with E-state index in [-0.39, 0.29) is 11.3 Å². The van der Waals surface area contributed by atoms with E-state index in [0.717, 1.165) is 4.47 Å². The van der Waals surface area contributed by atoms with Crippen LogP contribution in [-0.2, 0) is 0 Å². The van der Waals surface area contributed by atoms with Crippen LogP contribution in [0.1, 0.15) is 13.3 Å². The van der Waals surface area contributed by atoms with Crippen molar-refractivity contribution in [3.63, 3.8) is 0 Å². The van der Waals surface area contributed by atoms with Crippen LogP contribution in [0.2, 0.25) is 5.28 Å². The molecule has 0 aliphatic heterocycles. The summed E-state index contributed by atoms with van der Waals surface area (Å²) in [5.74, 6) is 3.23. The second-order valence-corrected chi connectivity index (χ2v) is 3.98. The second-order valence-electron chi connectivity index (χ2n) is 2.79. The lowest BCUT2D eigenvalue weighted by atomic mass is 10.2. The molecule has 74 valence electrons. The average molecular weight is 275 g/mol. The predicted molar refractivity (Wildman–Crippen MR) is 61.3 cm³/mol. The summed E-state index contributed by atoms with van der Waals surface area (Å²) in [7, 11) is 0. The number of aromatic nitrogens is 2. The average Bonchev–Trinajstić information content (AvgIpc) is 2.12. The molecule has 1 aromatic rings. The molecule has 0 amide bonds. The van der Waals surface area contributed by atoms with Crippen LogP contribution in [0.25, 0.3) is 0 Å². The molecule has 1 aromatic heterocycles. The van der Waals surface area contributed by atoms with Crippen molar-refractivity contribution in [3.05, 3.63) is 16.0 Å². The Morgan fingerprint density at radius 1 is 1.79 bits per heavy atom. The summed E-state index contributed by atoms with van der Waals surface area (Å²) in [5, 5.41) is 3.34. The van der Waals surface area contributed by atoms with Gasteiger partial charge in [-0.3, -0.25) is 0 Å². The number of terminal acetylenes is 1. The minimum atomic E-state index is 0.155. The first-order chi connectivity index (χ1) is 6.63. The van der Waals surface area contributed by atoms with Crippen molar-refractivity contribution in [1.82, 2.24) is 9.97 Å². The van der Waals surface area contributed by atoms with Gasteiger partial charge in [-0.05, 0) is 34.5 Å². The standard InChI is InChI=1S/C9H9BrClN3/c1-3-4-6(2)13-8-7(10)5-12-9(11)14-8/h1,5-6H,4H2,2H3,(H,12,13,14). The number of nitrogens with one attached hydrogen (secondary N) is 1. The second kappa shape index (κ2) is 5.18. The molecule has 1 unspecified atom stereocenters. The van der Waals surface area contributed by atoms with Crippen LogP contribution in [0.15, 0.2) is 10.7 Å². The van der Waals surface area contributed by atoms with Crippen LogP contribution in [0, 0.1) is 12.3 Å². The number of hydrogen-bond acceptors (Lipinski definition) is 3. The predicted octanol–water partition coefficient (Wildman–Crippen LogP) is 2.72. The summed E-state index contributed by atoms with van der Waals surface area (Å²) >= 11 is 8.97. The van der Waals surface area contributed by atoms with Gasteiger partial charge in [0.25, 0.3) is 0 Å². The summed E-state index contributed by atoms with van der Waals surface area (Å²) in [6.07, 6.45) is 7.42. The largest absolute Gasteiger partial charge is 0.366 e. The molecular formula is C9H9BrClN3. The Morgan fingerprint density at radius 3 is 3.14 bits per heavy atom. The first-order valence-corrected chi connectivity index (χ1v) is 5.18. The van der Waals surface area contributed by atoms with E-state index in [1.165, 1.54) is 0 Å². The maximum Gasteiger partial charge on any atom is 0.224 e. The number of halogens is 2. The zero-order valence-electron chi connectivity index (χ0n) is 7.59. The van der Waals surface area contributed by atoms with Gasteiger partial charge in [0.15, 0.2) is 0 Å². The topological polar surface area (TPSA) is 37.8 Å². The number of hydrogen-bond donors (Lipinski definition) is 1. The fraction of sp³-hybridized carbons (Fsp3) is 0.333. The molecule has 0 aliphatic rings. The molecular weight excluding hydrogens is 265 g/mol. The summed E-state index contributed by atoms with van der Waals surface area (Å²) in [6.45, 7) is 1.97. The highest BCUT2D eigenvalue weighted by atomic mass is 79.9. The molecule has 0 aromatic carbocycles. The van der Waals surface area contributed by atoms with E-state index in [4.69, 9.17) is 18.0 Å². The quantitative estimate of drug-likeness (QED) is 0.680. The lowest BCUT2D eigenvalue weighted by Gasteiger charge is -2.12. The van der Waals surface area contributed by atoms with Gasteiger partial charge in [-0.2, -0.15) is 4.98 Å². The van der Waals surface area contributed by atoms with Crippen molar-refractivity contribution in [1.29, 1.82) is 0 Å². The first kappa shape index (κ1) is 11.3. The molecule has 1 heterocycles. The Morgan fingerprint density at radius 2 is 2.50 bits per heavy atom. The fourth-order valence-electron chi connectivity index (χ4n) is 0.908. The molecule has 0 aliphatic carbocycles. The summed E-state index contributed by atoms with van der Waals surface area (Å²) in [4.78, 5) is 7.84. The van der Waals surface area contributed by atoms with Crippen molar-refractivity contribution in [2.75, 3.05) is 5.32 Å². The van der Waals surface area contributed by atoms with Gasteiger partial charge in [-0.15, -0.1) is 12.3 Å². The van der Waals surface area contributed by atoms with Crippen molar-refractivity contribution in [2.24, 2.45) is 0 Å². The van der Waals surface area contributed by atoms with Crippen LogP contribution < -0.4 is 5.32 Å². The maximum absolute atomic E-state index is 5.65. The van der Waals surface area contributed by atoms with Crippen LogP contribution >= 0.6 is 27.5 Å². The van der Waals surface area contributed by atoms with Gasteiger partial charge in [0, 0.05) is 18.7 Å². The SMILES string of the molecule is C#CCC(C)Nc1nc(Cl)ncc1Br. The third-order valence-electron chi connectivity index (χ3n) is 1.52. The Hall–Kier alpha value is -0.790. The third kappa shape index (κ3) is 3.17. The van der Waals surface area contributed by atoms with Crippen LogP contribution in [0.4, 0.5) is 5.82 Å². The highest BCUT2D eigenvalue weighted by molar-refractivity contribution is 9.10. The van der Waals surface area contributed by atoms with Crippen molar-refractivity contribution >= 4 is 33.3 Å². The molecule has 0 saturated carbocycles. The Bertz CT molecular complexity index is 362. The van der Waals surface area contributed by atoms with Gasteiger partial charge in [0.05, 0.1) is 4.47 Å². The summed E-state index contributed by atoms with van der Waals surface area (Å²) in [5.41, 5.74) is 0. The zero-order chi connectivity index (χ0) is 10.6. The van der Waals surface area contributed by atoms with Crippen LogP contribution in [-0.4, -0.2) is 16.0 Å².